The topological polar surface area (TPSA) is 79.0 Å². The molecule has 0 bridgehead atoms. The Morgan fingerprint density at radius 1 is 1.11 bits per heavy atom. The third-order valence-corrected chi connectivity index (χ3v) is 6.93. The first-order valence-corrected chi connectivity index (χ1v) is 11.0. The fourth-order valence-corrected chi connectivity index (χ4v) is 5.50. The average Bonchev–Trinajstić information content (AvgIpc) is 2.62. The van der Waals surface area contributed by atoms with Crippen LogP contribution in [0, 0.1) is 11.8 Å². The summed E-state index contributed by atoms with van der Waals surface area (Å²) in [6.07, 6.45) is 1.06. The van der Waals surface area contributed by atoms with Gasteiger partial charge in [-0.2, -0.15) is 4.31 Å². The number of amides is 1. The molecule has 1 aromatic carbocycles. The first-order chi connectivity index (χ1) is 12.8. The first kappa shape index (κ1) is 20.3. The molecule has 27 heavy (non-hydrogen) atoms. The fraction of sp³-hybridized carbons (Fsp3) is 0.632. The molecule has 0 unspecified atom stereocenters. The van der Waals surface area contributed by atoms with Crippen molar-refractivity contribution in [3.8, 4) is 0 Å². The number of nitrogens with zero attached hydrogens (tertiary/aromatic N) is 2. The molecule has 0 spiro atoms. The number of anilines is 1. The third kappa shape index (κ3) is 5.28. The van der Waals surface area contributed by atoms with E-state index in [1.807, 2.05) is 4.90 Å². The summed E-state index contributed by atoms with van der Waals surface area (Å²) in [6.45, 7) is 8.40. The summed E-state index contributed by atoms with van der Waals surface area (Å²) < 4.78 is 32.6. The number of hydrogen-bond donors (Lipinski definition) is 1. The maximum absolute atomic E-state index is 12.9. The molecule has 0 aliphatic carbocycles. The molecule has 2 saturated heterocycles. The first-order valence-electron chi connectivity index (χ1n) is 9.55. The molecule has 7 nitrogen and oxygen atoms in total. The van der Waals surface area contributed by atoms with Gasteiger partial charge in [0.2, 0.25) is 15.9 Å². The van der Waals surface area contributed by atoms with Crippen molar-refractivity contribution in [3.63, 3.8) is 0 Å². The summed E-state index contributed by atoms with van der Waals surface area (Å²) in [4.78, 5) is 14.5. The Bertz CT molecular complexity index is 735. The molecule has 1 N–H and O–H groups in total. The smallest absolute Gasteiger partial charge is 0.243 e. The number of piperidine rings is 1. The van der Waals surface area contributed by atoms with Gasteiger partial charge in [0, 0.05) is 31.9 Å². The van der Waals surface area contributed by atoms with E-state index in [-0.39, 0.29) is 10.8 Å². The van der Waals surface area contributed by atoms with E-state index in [0.717, 1.165) is 19.5 Å². The highest BCUT2D eigenvalue weighted by Gasteiger charge is 2.31. The Balaban J connectivity index is 1.61. The number of carbonyl (C=O) groups is 1. The third-order valence-electron chi connectivity index (χ3n) is 5.08. The van der Waals surface area contributed by atoms with Gasteiger partial charge in [0.1, 0.15) is 0 Å². The van der Waals surface area contributed by atoms with Crippen LogP contribution in [0.1, 0.15) is 20.3 Å². The lowest BCUT2D eigenvalue weighted by atomic mass is 9.94. The zero-order chi connectivity index (χ0) is 19.4. The zero-order valence-corrected chi connectivity index (χ0v) is 16.9. The van der Waals surface area contributed by atoms with Crippen molar-refractivity contribution in [2.45, 2.75) is 25.2 Å². The van der Waals surface area contributed by atoms with Crippen molar-refractivity contribution >= 4 is 21.6 Å². The van der Waals surface area contributed by atoms with E-state index in [2.05, 4.69) is 19.2 Å². The maximum Gasteiger partial charge on any atom is 0.243 e. The highest BCUT2D eigenvalue weighted by molar-refractivity contribution is 7.89. The largest absolute Gasteiger partial charge is 0.379 e. The lowest BCUT2D eigenvalue weighted by Gasteiger charge is -2.34. The molecule has 1 aromatic rings. The minimum absolute atomic E-state index is 0.105. The molecule has 3 rings (SSSR count). The van der Waals surface area contributed by atoms with Crippen molar-refractivity contribution < 1.29 is 17.9 Å². The second-order valence-corrected chi connectivity index (χ2v) is 9.67. The summed E-state index contributed by atoms with van der Waals surface area (Å²) in [5.74, 6) is 0.621. The van der Waals surface area contributed by atoms with Crippen molar-refractivity contribution in [1.82, 2.24) is 9.21 Å². The van der Waals surface area contributed by atoms with Crippen LogP contribution in [0.5, 0.6) is 0 Å². The number of sulfonamides is 1. The quantitative estimate of drug-likeness (QED) is 0.820. The lowest BCUT2D eigenvalue weighted by Crippen LogP contribution is -2.42. The summed E-state index contributed by atoms with van der Waals surface area (Å²) in [5.41, 5.74) is 0.604. The molecule has 2 atom stereocenters. The van der Waals surface area contributed by atoms with Crippen LogP contribution in [0.4, 0.5) is 5.69 Å². The van der Waals surface area contributed by atoms with Crippen molar-refractivity contribution in [1.29, 1.82) is 0 Å². The highest BCUT2D eigenvalue weighted by atomic mass is 32.2. The Labute approximate surface area is 161 Å². The monoisotopic (exact) mass is 395 g/mol. The van der Waals surface area contributed by atoms with Crippen LogP contribution >= 0.6 is 0 Å². The molecule has 2 aliphatic heterocycles. The second kappa shape index (κ2) is 8.68. The van der Waals surface area contributed by atoms with Gasteiger partial charge in [-0.15, -0.1) is 0 Å². The van der Waals surface area contributed by atoms with E-state index in [1.54, 1.807) is 28.6 Å². The minimum Gasteiger partial charge on any atom is -0.379 e. The zero-order valence-electron chi connectivity index (χ0n) is 16.1. The normalized spacial score (nSPS) is 25.3. The molecule has 150 valence electrons. The Morgan fingerprint density at radius 2 is 1.70 bits per heavy atom. The Morgan fingerprint density at radius 3 is 2.30 bits per heavy atom. The molecule has 8 heteroatoms. The van der Waals surface area contributed by atoms with Crippen LogP contribution < -0.4 is 5.32 Å². The Hall–Kier alpha value is -1.48. The summed E-state index contributed by atoms with van der Waals surface area (Å²) in [6, 6.07) is 6.45. The summed E-state index contributed by atoms with van der Waals surface area (Å²) in [5, 5.41) is 2.83. The highest BCUT2D eigenvalue weighted by Crippen LogP contribution is 2.27. The number of carbonyl (C=O) groups excluding carboxylic acids is 1. The number of ether oxygens (including phenoxy) is 1. The van der Waals surface area contributed by atoms with E-state index in [0.29, 0.717) is 50.4 Å². The second-order valence-electron chi connectivity index (χ2n) is 7.73. The molecular weight excluding hydrogens is 366 g/mol. The molecule has 2 aliphatic rings. The average molecular weight is 396 g/mol. The van der Waals surface area contributed by atoms with Gasteiger partial charge in [0.15, 0.2) is 0 Å². The van der Waals surface area contributed by atoms with Crippen molar-refractivity contribution in [3.05, 3.63) is 24.3 Å². The van der Waals surface area contributed by atoms with E-state index < -0.39 is 10.0 Å². The molecule has 1 amide bonds. The molecule has 0 saturated carbocycles. The van der Waals surface area contributed by atoms with Gasteiger partial charge in [-0.1, -0.05) is 13.8 Å². The van der Waals surface area contributed by atoms with E-state index in [1.165, 1.54) is 0 Å². The molecule has 0 aromatic heterocycles. The van der Waals surface area contributed by atoms with E-state index in [9.17, 15) is 13.2 Å². The number of nitrogens with one attached hydrogen (secondary N) is 1. The number of morpholine rings is 1. The fourth-order valence-electron chi connectivity index (χ4n) is 3.82. The van der Waals surface area contributed by atoms with Gasteiger partial charge in [0.05, 0.1) is 24.7 Å². The predicted molar refractivity (Wildman–Crippen MR) is 104 cm³/mol. The number of benzene rings is 1. The van der Waals surface area contributed by atoms with Gasteiger partial charge < -0.3 is 10.1 Å². The number of rotatable bonds is 5. The summed E-state index contributed by atoms with van der Waals surface area (Å²) >= 11 is 0. The van der Waals surface area contributed by atoms with Gasteiger partial charge in [-0.05, 0) is 42.5 Å². The maximum atomic E-state index is 12.9. The van der Waals surface area contributed by atoms with Crippen molar-refractivity contribution in [2.24, 2.45) is 11.8 Å². The van der Waals surface area contributed by atoms with Crippen LogP contribution in [0.2, 0.25) is 0 Å². The van der Waals surface area contributed by atoms with Crippen LogP contribution in [0.15, 0.2) is 29.2 Å². The van der Waals surface area contributed by atoms with E-state index >= 15 is 0 Å². The molecule has 0 radical (unpaired) electrons. The van der Waals surface area contributed by atoms with Crippen LogP contribution in [0.25, 0.3) is 0 Å². The van der Waals surface area contributed by atoms with Gasteiger partial charge in [0.25, 0.3) is 0 Å². The molecule has 2 fully saturated rings. The molecule has 2 heterocycles. The van der Waals surface area contributed by atoms with Crippen LogP contribution in [-0.4, -0.2) is 69.5 Å². The summed E-state index contributed by atoms with van der Waals surface area (Å²) in [7, 11) is -3.50. The molecular formula is C19H29N3O4S. The van der Waals surface area contributed by atoms with Crippen LogP contribution in [-0.2, 0) is 19.6 Å². The van der Waals surface area contributed by atoms with Gasteiger partial charge >= 0.3 is 0 Å². The van der Waals surface area contributed by atoms with Crippen LogP contribution in [0.3, 0.4) is 0 Å². The standard InChI is InChI=1S/C19H29N3O4S/c1-15-11-16(2)13-22(12-15)27(24,25)18-5-3-17(4-6-18)20-19(23)14-21-7-9-26-10-8-21/h3-6,15-16H,7-14H2,1-2H3,(H,20,23)/t15-,16+. The Kier molecular flexibility index (Phi) is 6.52. The van der Waals surface area contributed by atoms with E-state index in [4.69, 9.17) is 4.74 Å². The lowest BCUT2D eigenvalue weighted by molar-refractivity contribution is -0.118. The minimum atomic E-state index is -3.50. The van der Waals surface area contributed by atoms with Gasteiger partial charge in [-0.25, -0.2) is 8.42 Å². The predicted octanol–water partition coefficient (Wildman–Crippen LogP) is 1.62. The SMILES string of the molecule is C[C@@H]1C[C@H](C)CN(S(=O)(=O)c2ccc(NC(=O)CN3CCOCC3)cc2)C1. The number of hydrogen-bond acceptors (Lipinski definition) is 5. The van der Waals surface area contributed by atoms with Crippen molar-refractivity contribution in [2.75, 3.05) is 51.3 Å². The van der Waals surface area contributed by atoms with Gasteiger partial charge in [-0.3, -0.25) is 9.69 Å².